The van der Waals surface area contributed by atoms with Gasteiger partial charge in [0.2, 0.25) is 0 Å². The van der Waals surface area contributed by atoms with Gasteiger partial charge in [0.1, 0.15) is 23.2 Å². The van der Waals surface area contributed by atoms with Crippen molar-refractivity contribution >= 4 is 33.3 Å². The molecule has 0 atom stereocenters. The van der Waals surface area contributed by atoms with Crippen LogP contribution in [-0.2, 0) is 4.79 Å². The molecule has 1 aromatic carbocycles. The zero-order valence-electron chi connectivity index (χ0n) is 11.2. The second kappa shape index (κ2) is 7.24. The number of nitrogens with zero attached hydrogens (tertiary/aromatic N) is 2. The minimum Gasteiger partial charge on any atom is -0.506 e. The van der Waals surface area contributed by atoms with Crippen LogP contribution in [-0.4, -0.2) is 16.0 Å². The Morgan fingerprint density at radius 1 is 1.36 bits per heavy atom. The monoisotopic (exact) mass is 358 g/mol. The summed E-state index contributed by atoms with van der Waals surface area (Å²) in [4.78, 5) is 16.0. The second-order valence-corrected chi connectivity index (χ2v) is 5.06. The maximum Gasteiger partial charge on any atom is 0.267 e. The van der Waals surface area contributed by atoms with Gasteiger partial charge in [0.05, 0.1) is 5.69 Å². The molecule has 0 fully saturated rings. The number of halogens is 1. The molecule has 2 aromatic rings. The van der Waals surface area contributed by atoms with E-state index in [1.807, 2.05) is 0 Å². The van der Waals surface area contributed by atoms with E-state index in [0.29, 0.717) is 5.82 Å². The molecule has 0 saturated heterocycles. The fourth-order valence-electron chi connectivity index (χ4n) is 1.55. The lowest BCUT2D eigenvalue weighted by Crippen LogP contribution is -2.14. The Bertz CT molecular complexity index is 768. The number of nitrogens with one attached hydrogen (secondary N) is 2. The molecule has 0 unspecified atom stereocenters. The minimum absolute atomic E-state index is 0.0743. The summed E-state index contributed by atoms with van der Waals surface area (Å²) in [6, 6.07) is 11.5. The number of amides is 1. The minimum atomic E-state index is -0.633. The molecule has 0 bridgehead atoms. The predicted octanol–water partition coefficient (Wildman–Crippen LogP) is 3.01. The van der Waals surface area contributed by atoms with E-state index in [1.54, 1.807) is 36.5 Å². The van der Waals surface area contributed by atoms with E-state index in [0.717, 1.165) is 4.47 Å². The smallest absolute Gasteiger partial charge is 0.267 e. The Kier molecular flexibility index (Phi) is 5.11. The van der Waals surface area contributed by atoms with Crippen molar-refractivity contribution in [1.82, 2.24) is 4.98 Å². The maximum atomic E-state index is 12.0. The Morgan fingerprint density at radius 2 is 2.14 bits per heavy atom. The van der Waals surface area contributed by atoms with E-state index in [2.05, 4.69) is 31.5 Å². The number of aromatic nitrogens is 1. The first-order valence-electron chi connectivity index (χ1n) is 6.18. The normalized spacial score (nSPS) is 10.6. The number of phenolic OH excluding ortho intramolecular Hbond substituents is 1. The van der Waals surface area contributed by atoms with Crippen molar-refractivity contribution in [2.75, 3.05) is 10.6 Å². The van der Waals surface area contributed by atoms with Gasteiger partial charge in [-0.2, -0.15) is 5.26 Å². The summed E-state index contributed by atoms with van der Waals surface area (Å²) in [5, 5.41) is 23.9. The first-order chi connectivity index (χ1) is 10.6. The number of hydrogen-bond acceptors (Lipinski definition) is 5. The predicted molar refractivity (Wildman–Crippen MR) is 86.0 cm³/mol. The molecule has 0 radical (unpaired) electrons. The van der Waals surface area contributed by atoms with Gasteiger partial charge < -0.3 is 15.7 Å². The van der Waals surface area contributed by atoms with Crippen molar-refractivity contribution in [2.45, 2.75) is 0 Å². The fourth-order valence-corrected chi connectivity index (χ4v) is 1.88. The van der Waals surface area contributed by atoms with Crippen molar-refractivity contribution in [3.05, 3.63) is 58.8 Å². The molecule has 2 rings (SSSR count). The van der Waals surface area contributed by atoms with Crippen LogP contribution < -0.4 is 10.6 Å². The molecule has 0 aliphatic rings. The van der Waals surface area contributed by atoms with Crippen LogP contribution in [0.3, 0.4) is 0 Å². The summed E-state index contributed by atoms with van der Waals surface area (Å²) >= 11 is 3.29. The van der Waals surface area contributed by atoms with E-state index in [9.17, 15) is 9.90 Å². The standard InChI is InChI=1S/C15H11BrN4O2/c16-11-5-6-18-14(7-11)19-9-10(8-17)15(22)20-12-3-1-2-4-13(12)21/h1-7,9,21H,(H,18,19)(H,20,22)/b10-9-. The number of aromatic hydroxyl groups is 1. The highest BCUT2D eigenvalue weighted by molar-refractivity contribution is 9.10. The van der Waals surface area contributed by atoms with Gasteiger partial charge in [-0.05, 0) is 24.3 Å². The van der Waals surface area contributed by atoms with Crippen LogP contribution in [0, 0.1) is 11.3 Å². The number of rotatable bonds is 4. The van der Waals surface area contributed by atoms with Gasteiger partial charge in [0.25, 0.3) is 5.91 Å². The Labute approximate surface area is 135 Å². The lowest BCUT2D eigenvalue weighted by molar-refractivity contribution is -0.112. The highest BCUT2D eigenvalue weighted by Crippen LogP contribution is 2.22. The Balaban J connectivity index is 2.11. The zero-order valence-corrected chi connectivity index (χ0v) is 12.8. The number of nitriles is 1. The van der Waals surface area contributed by atoms with Crippen molar-refractivity contribution < 1.29 is 9.90 Å². The third kappa shape index (κ3) is 4.07. The summed E-state index contributed by atoms with van der Waals surface area (Å²) in [6.07, 6.45) is 2.83. The third-order valence-corrected chi connectivity index (χ3v) is 3.10. The van der Waals surface area contributed by atoms with Crippen LogP contribution in [0.4, 0.5) is 11.5 Å². The van der Waals surface area contributed by atoms with Crippen LogP contribution in [0.15, 0.2) is 58.8 Å². The average Bonchev–Trinajstić information content (AvgIpc) is 2.50. The van der Waals surface area contributed by atoms with Crippen LogP contribution in [0.1, 0.15) is 0 Å². The van der Waals surface area contributed by atoms with Gasteiger partial charge in [-0.15, -0.1) is 0 Å². The first kappa shape index (κ1) is 15.5. The molecule has 1 aromatic heterocycles. The molecule has 22 heavy (non-hydrogen) atoms. The molecule has 3 N–H and O–H groups in total. The van der Waals surface area contributed by atoms with Crippen LogP contribution in [0.25, 0.3) is 0 Å². The largest absolute Gasteiger partial charge is 0.506 e. The number of carbonyl (C=O) groups excluding carboxylic acids is 1. The molecule has 1 amide bonds. The van der Waals surface area contributed by atoms with Gasteiger partial charge in [0, 0.05) is 16.9 Å². The summed E-state index contributed by atoms with van der Waals surface area (Å²) in [6.45, 7) is 0. The second-order valence-electron chi connectivity index (χ2n) is 4.14. The van der Waals surface area contributed by atoms with Crippen molar-refractivity contribution in [2.24, 2.45) is 0 Å². The van der Waals surface area contributed by atoms with Crippen LogP contribution >= 0.6 is 15.9 Å². The van der Waals surface area contributed by atoms with Crippen molar-refractivity contribution in [3.63, 3.8) is 0 Å². The van der Waals surface area contributed by atoms with Gasteiger partial charge in [0.15, 0.2) is 0 Å². The number of benzene rings is 1. The summed E-state index contributed by atoms with van der Waals surface area (Å²) in [5.41, 5.74) is 0.0826. The topological polar surface area (TPSA) is 98.0 Å². The number of para-hydroxylation sites is 2. The summed E-state index contributed by atoms with van der Waals surface area (Å²) in [5.74, 6) is -0.223. The van der Waals surface area contributed by atoms with E-state index in [-0.39, 0.29) is 17.0 Å². The number of phenols is 1. The van der Waals surface area contributed by atoms with E-state index >= 15 is 0 Å². The van der Waals surface area contributed by atoms with Gasteiger partial charge in [-0.25, -0.2) is 4.98 Å². The van der Waals surface area contributed by atoms with Crippen LogP contribution in [0.5, 0.6) is 5.75 Å². The molecule has 0 aliphatic carbocycles. The maximum absolute atomic E-state index is 12.0. The number of anilines is 2. The molecular formula is C15H11BrN4O2. The molecule has 0 aliphatic heterocycles. The highest BCUT2D eigenvalue weighted by Gasteiger charge is 2.11. The third-order valence-electron chi connectivity index (χ3n) is 2.60. The van der Waals surface area contributed by atoms with E-state index in [4.69, 9.17) is 5.26 Å². The van der Waals surface area contributed by atoms with Gasteiger partial charge >= 0.3 is 0 Å². The van der Waals surface area contributed by atoms with Crippen LogP contribution in [0.2, 0.25) is 0 Å². The average molecular weight is 359 g/mol. The Hall–Kier alpha value is -2.85. The van der Waals surface area contributed by atoms with Gasteiger partial charge in [-0.3, -0.25) is 4.79 Å². The molecule has 0 saturated carbocycles. The molecule has 7 heteroatoms. The van der Waals surface area contributed by atoms with E-state index < -0.39 is 5.91 Å². The SMILES string of the molecule is N#C/C(=C/Nc1cc(Br)ccn1)C(=O)Nc1ccccc1O. The lowest BCUT2D eigenvalue weighted by atomic mass is 10.2. The summed E-state index contributed by atoms with van der Waals surface area (Å²) < 4.78 is 0.815. The van der Waals surface area contributed by atoms with Crippen molar-refractivity contribution in [3.8, 4) is 11.8 Å². The Morgan fingerprint density at radius 3 is 2.82 bits per heavy atom. The first-order valence-corrected chi connectivity index (χ1v) is 6.97. The molecule has 1 heterocycles. The molecule has 0 spiro atoms. The number of pyridine rings is 1. The molecular weight excluding hydrogens is 348 g/mol. The quantitative estimate of drug-likeness (QED) is 0.443. The molecule has 6 nitrogen and oxygen atoms in total. The highest BCUT2D eigenvalue weighted by atomic mass is 79.9. The van der Waals surface area contributed by atoms with Gasteiger partial charge in [-0.1, -0.05) is 28.1 Å². The number of carbonyl (C=O) groups is 1. The number of hydrogen-bond donors (Lipinski definition) is 3. The lowest BCUT2D eigenvalue weighted by Gasteiger charge is -2.06. The fraction of sp³-hybridized carbons (Fsp3) is 0. The zero-order chi connectivity index (χ0) is 15.9. The van der Waals surface area contributed by atoms with E-state index in [1.165, 1.54) is 18.3 Å². The molecule has 110 valence electrons. The summed E-state index contributed by atoms with van der Waals surface area (Å²) in [7, 11) is 0. The van der Waals surface area contributed by atoms with Crippen molar-refractivity contribution in [1.29, 1.82) is 5.26 Å².